The van der Waals surface area contributed by atoms with Crippen LogP contribution in [0.5, 0.6) is 11.5 Å². The molecule has 0 spiro atoms. The first-order valence-corrected chi connectivity index (χ1v) is 17.4. The lowest BCUT2D eigenvalue weighted by Crippen LogP contribution is -2.53. The number of benzene rings is 4. The number of methoxy groups -OCH3 is 2. The molecule has 9 nitrogen and oxygen atoms in total. The monoisotopic (exact) mass is 677 g/mol. The van der Waals surface area contributed by atoms with Crippen molar-refractivity contribution in [3.8, 4) is 11.5 Å². The van der Waals surface area contributed by atoms with Gasteiger partial charge in [-0.05, 0) is 52.9 Å². The Morgan fingerprint density at radius 3 is 1.94 bits per heavy atom. The molecule has 0 fully saturated rings. The third kappa shape index (κ3) is 10.6. The summed E-state index contributed by atoms with van der Waals surface area (Å²) in [7, 11) is -0.650. The molecule has 0 heterocycles. The predicted molar refractivity (Wildman–Crippen MR) is 184 cm³/mol. The molecule has 1 N–H and O–H groups in total. The fourth-order valence-electron chi connectivity index (χ4n) is 5.14. The third-order valence-corrected chi connectivity index (χ3v) is 9.13. The van der Waals surface area contributed by atoms with Gasteiger partial charge in [-0.25, -0.2) is 8.42 Å². The summed E-state index contributed by atoms with van der Waals surface area (Å²) in [5, 5.41) is 3.55. The number of sulfonamides is 1. The molecule has 248 valence electrons. The van der Waals surface area contributed by atoms with E-state index >= 15 is 0 Å². The SMILES string of the molecule is COc1ccc(CCNC(=O)[C@H](Cc2ccccc2)N(Cc2ccc(Cl)cc2)C(=O)CN(Cc2ccccc2)S(C)(=O)=O)cc1OC. The van der Waals surface area contributed by atoms with E-state index < -0.39 is 28.5 Å². The van der Waals surface area contributed by atoms with E-state index in [-0.39, 0.29) is 25.4 Å². The molecular formula is C36H40ClN3O6S. The van der Waals surface area contributed by atoms with Gasteiger partial charge in [0, 0.05) is 31.1 Å². The first kappa shape index (κ1) is 35.5. The van der Waals surface area contributed by atoms with Crippen LogP contribution in [0.1, 0.15) is 22.3 Å². The second kappa shape index (κ2) is 17.0. The maximum atomic E-state index is 14.2. The van der Waals surface area contributed by atoms with Gasteiger partial charge in [-0.1, -0.05) is 90.5 Å². The Morgan fingerprint density at radius 2 is 1.34 bits per heavy atom. The number of amides is 2. The highest BCUT2D eigenvalue weighted by atomic mass is 35.5. The Morgan fingerprint density at radius 1 is 0.766 bits per heavy atom. The zero-order valence-corrected chi connectivity index (χ0v) is 28.3. The van der Waals surface area contributed by atoms with E-state index in [1.165, 1.54) is 4.90 Å². The number of halogens is 1. The summed E-state index contributed by atoms with van der Waals surface area (Å²) in [5.74, 6) is 0.335. The van der Waals surface area contributed by atoms with Gasteiger partial charge in [0.15, 0.2) is 11.5 Å². The van der Waals surface area contributed by atoms with E-state index in [1.54, 1.807) is 50.6 Å². The van der Waals surface area contributed by atoms with E-state index in [9.17, 15) is 18.0 Å². The molecule has 4 aromatic carbocycles. The van der Waals surface area contributed by atoms with Crippen LogP contribution in [0.3, 0.4) is 0 Å². The van der Waals surface area contributed by atoms with Crippen molar-refractivity contribution >= 4 is 33.4 Å². The topological polar surface area (TPSA) is 105 Å². The number of carbonyl (C=O) groups is 2. The van der Waals surface area contributed by atoms with Gasteiger partial charge in [0.1, 0.15) is 6.04 Å². The molecule has 2 amide bonds. The van der Waals surface area contributed by atoms with Crippen LogP contribution in [0.4, 0.5) is 0 Å². The Hall–Kier alpha value is -4.38. The highest BCUT2D eigenvalue weighted by Crippen LogP contribution is 2.27. The molecular weight excluding hydrogens is 638 g/mol. The van der Waals surface area contributed by atoms with E-state index in [0.717, 1.165) is 32.8 Å². The maximum absolute atomic E-state index is 14.2. The Kier molecular flexibility index (Phi) is 12.8. The van der Waals surface area contributed by atoms with Gasteiger partial charge in [-0.3, -0.25) is 9.59 Å². The molecule has 0 aliphatic rings. The van der Waals surface area contributed by atoms with Crippen LogP contribution in [-0.2, 0) is 45.5 Å². The number of hydrogen-bond acceptors (Lipinski definition) is 6. The summed E-state index contributed by atoms with van der Waals surface area (Å²) in [6, 6.07) is 30.1. The maximum Gasteiger partial charge on any atom is 0.243 e. The first-order valence-electron chi connectivity index (χ1n) is 15.1. The van der Waals surface area contributed by atoms with Crippen molar-refractivity contribution < 1.29 is 27.5 Å². The molecule has 4 rings (SSSR count). The van der Waals surface area contributed by atoms with E-state index in [2.05, 4.69) is 5.32 Å². The van der Waals surface area contributed by atoms with Crippen LogP contribution < -0.4 is 14.8 Å². The zero-order valence-electron chi connectivity index (χ0n) is 26.8. The average Bonchev–Trinajstić information content (AvgIpc) is 3.07. The molecule has 11 heteroatoms. The quantitative estimate of drug-likeness (QED) is 0.177. The normalized spacial score (nSPS) is 11.9. The van der Waals surface area contributed by atoms with Crippen LogP contribution in [-0.4, -0.2) is 69.0 Å². The molecule has 47 heavy (non-hydrogen) atoms. The van der Waals surface area contributed by atoms with Gasteiger partial charge in [0.05, 0.1) is 27.0 Å². The summed E-state index contributed by atoms with van der Waals surface area (Å²) in [6.45, 7) is -0.0573. The van der Waals surface area contributed by atoms with Gasteiger partial charge in [-0.2, -0.15) is 4.31 Å². The number of hydrogen-bond donors (Lipinski definition) is 1. The van der Waals surface area contributed by atoms with Crippen LogP contribution in [0.25, 0.3) is 0 Å². The van der Waals surface area contributed by atoms with E-state index in [0.29, 0.717) is 29.5 Å². The van der Waals surface area contributed by atoms with E-state index in [1.807, 2.05) is 66.7 Å². The first-order chi connectivity index (χ1) is 22.6. The number of nitrogens with one attached hydrogen (secondary N) is 1. The van der Waals surface area contributed by atoms with Crippen LogP contribution in [0.2, 0.25) is 5.02 Å². The Balaban J connectivity index is 1.63. The number of ether oxygens (including phenoxy) is 2. The van der Waals surface area contributed by atoms with Crippen molar-refractivity contribution in [1.29, 1.82) is 0 Å². The van der Waals surface area contributed by atoms with Crippen LogP contribution >= 0.6 is 11.6 Å². The molecule has 4 aromatic rings. The molecule has 0 bridgehead atoms. The molecule has 0 aliphatic heterocycles. The van der Waals surface area contributed by atoms with Crippen molar-refractivity contribution in [1.82, 2.24) is 14.5 Å². The molecule has 0 radical (unpaired) electrons. The lowest BCUT2D eigenvalue weighted by Gasteiger charge is -2.33. The average molecular weight is 678 g/mol. The third-order valence-electron chi connectivity index (χ3n) is 7.68. The van der Waals surface area contributed by atoms with Crippen molar-refractivity contribution in [3.63, 3.8) is 0 Å². The van der Waals surface area contributed by atoms with Gasteiger partial charge in [0.25, 0.3) is 0 Å². The molecule has 1 atom stereocenters. The van der Waals surface area contributed by atoms with Crippen LogP contribution in [0.15, 0.2) is 103 Å². The van der Waals surface area contributed by atoms with Gasteiger partial charge >= 0.3 is 0 Å². The minimum absolute atomic E-state index is 0.0150. The molecule has 0 unspecified atom stereocenters. The summed E-state index contributed by atoms with van der Waals surface area (Å²) in [6.07, 6.45) is 1.81. The van der Waals surface area contributed by atoms with Crippen molar-refractivity contribution in [2.24, 2.45) is 0 Å². The fraction of sp³-hybridized carbons (Fsp3) is 0.278. The largest absolute Gasteiger partial charge is 0.493 e. The predicted octanol–water partition coefficient (Wildman–Crippen LogP) is 5.12. The highest BCUT2D eigenvalue weighted by molar-refractivity contribution is 7.88. The smallest absolute Gasteiger partial charge is 0.243 e. The minimum Gasteiger partial charge on any atom is -0.493 e. The molecule has 0 saturated heterocycles. The van der Waals surface area contributed by atoms with Crippen molar-refractivity contribution in [2.75, 3.05) is 33.6 Å². The summed E-state index contributed by atoms with van der Waals surface area (Å²) < 4.78 is 37.7. The van der Waals surface area contributed by atoms with Crippen LogP contribution in [0, 0.1) is 0 Å². The Bertz CT molecular complexity index is 1720. The minimum atomic E-state index is -3.78. The zero-order chi connectivity index (χ0) is 33.8. The molecule has 0 saturated carbocycles. The number of rotatable bonds is 16. The molecule has 0 aliphatic carbocycles. The van der Waals surface area contributed by atoms with Gasteiger partial charge in [0.2, 0.25) is 21.8 Å². The number of carbonyl (C=O) groups excluding carboxylic acids is 2. The summed E-state index contributed by atoms with van der Waals surface area (Å²) >= 11 is 6.14. The van der Waals surface area contributed by atoms with Gasteiger partial charge in [-0.15, -0.1) is 0 Å². The standard InChI is InChI=1S/C36H40ClN3O6S/c1-45-33-19-16-28(23-34(33)46-2)20-21-38-36(42)32(22-27-10-6-4-7-11-27)40(25-30-14-17-31(37)18-15-30)35(41)26-39(47(3,43)44)24-29-12-8-5-9-13-29/h4-19,23,32H,20-22,24-26H2,1-3H3,(H,38,42)/t32-/m0/s1. The fourth-order valence-corrected chi connectivity index (χ4v) is 6.00. The lowest BCUT2D eigenvalue weighted by molar-refractivity contribution is -0.141. The Labute approximate surface area is 282 Å². The summed E-state index contributed by atoms with van der Waals surface area (Å²) in [4.78, 5) is 29.7. The second-order valence-corrected chi connectivity index (χ2v) is 13.5. The number of nitrogens with zero attached hydrogens (tertiary/aromatic N) is 2. The van der Waals surface area contributed by atoms with E-state index in [4.69, 9.17) is 21.1 Å². The lowest BCUT2D eigenvalue weighted by atomic mass is 10.0. The van der Waals surface area contributed by atoms with Crippen molar-refractivity contribution in [2.45, 2.75) is 32.0 Å². The molecule has 0 aromatic heterocycles. The second-order valence-electron chi connectivity index (χ2n) is 11.1. The van der Waals surface area contributed by atoms with Crippen molar-refractivity contribution in [3.05, 3.63) is 130 Å². The van der Waals surface area contributed by atoms with Gasteiger partial charge < -0.3 is 19.7 Å². The summed E-state index contributed by atoms with van der Waals surface area (Å²) in [5.41, 5.74) is 3.27. The highest BCUT2D eigenvalue weighted by Gasteiger charge is 2.33.